The van der Waals surface area contributed by atoms with E-state index in [1.807, 2.05) is 24.3 Å². The van der Waals surface area contributed by atoms with Gasteiger partial charge in [-0.2, -0.15) is 0 Å². The van der Waals surface area contributed by atoms with E-state index in [-0.39, 0.29) is 17.2 Å². The molecule has 1 aromatic heterocycles. The standard InChI is InChI=1S/C25H31ClN4O2S/c1-5-29(6-2)20-10-8-19(9-11-20)27-23(31)16-33-25-28-22-15-18(26)7-12-21(22)24(32)30(25)14-13-17(3)4/h7-12,15,17H,5-6,13-14,16H2,1-4H3,(H,27,31). The molecule has 0 saturated heterocycles. The molecule has 6 nitrogen and oxygen atoms in total. The number of nitrogens with zero attached hydrogens (tertiary/aromatic N) is 3. The highest BCUT2D eigenvalue weighted by Crippen LogP contribution is 2.22. The minimum Gasteiger partial charge on any atom is -0.372 e. The van der Waals surface area contributed by atoms with Gasteiger partial charge < -0.3 is 10.2 Å². The monoisotopic (exact) mass is 486 g/mol. The van der Waals surface area contributed by atoms with Crippen LogP contribution in [0.1, 0.15) is 34.1 Å². The van der Waals surface area contributed by atoms with E-state index < -0.39 is 0 Å². The zero-order valence-corrected chi connectivity index (χ0v) is 21.2. The first-order valence-corrected chi connectivity index (χ1v) is 12.7. The molecule has 0 fully saturated rings. The number of fused-ring (bicyclic) bond motifs is 1. The molecule has 0 saturated carbocycles. The number of aromatic nitrogens is 2. The third kappa shape index (κ3) is 6.51. The number of rotatable bonds is 10. The molecule has 1 heterocycles. The molecule has 8 heteroatoms. The van der Waals surface area contributed by atoms with Crippen molar-refractivity contribution in [2.75, 3.05) is 29.1 Å². The summed E-state index contributed by atoms with van der Waals surface area (Å²) in [6.45, 7) is 10.9. The fraction of sp³-hybridized carbons (Fsp3) is 0.400. The Morgan fingerprint density at radius 1 is 1.15 bits per heavy atom. The van der Waals surface area contributed by atoms with E-state index in [9.17, 15) is 9.59 Å². The number of carbonyl (C=O) groups excluding carboxylic acids is 1. The second-order valence-corrected chi connectivity index (χ2v) is 9.63. The van der Waals surface area contributed by atoms with Crippen molar-refractivity contribution in [3.63, 3.8) is 0 Å². The molecule has 176 valence electrons. The molecule has 0 bridgehead atoms. The van der Waals surface area contributed by atoms with Crippen molar-refractivity contribution in [2.45, 2.75) is 45.8 Å². The van der Waals surface area contributed by atoms with Crippen LogP contribution >= 0.6 is 23.4 Å². The van der Waals surface area contributed by atoms with Crippen molar-refractivity contribution in [3.05, 3.63) is 57.8 Å². The Balaban J connectivity index is 1.75. The molecule has 1 N–H and O–H groups in total. The Morgan fingerprint density at radius 2 is 1.85 bits per heavy atom. The first-order valence-electron chi connectivity index (χ1n) is 11.3. The van der Waals surface area contributed by atoms with Crippen molar-refractivity contribution in [1.82, 2.24) is 9.55 Å². The van der Waals surface area contributed by atoms with E-state index >= 15 is 0 Å². The third-order valence-electron chi connectivity index (χ3n) is 5.42. The maximum absolute atomic E-state index is 13.1. The van der Waals surface area contributed by atoms with Crippen LogP contribution in [0.4, 0.5) is 11.4 Å². The largest absolute Gasteiger partial charge is 0.372 e. The number of carbonyl (C=O) groups is 1. The summed E-state index contributed by atoms with van der Waals surface area (Å²) in [5, 5.41) is 4.52. The van der Waals surface area contributed by atoms with Gasteiger partial charge in [0, 0.05) is 36.0 Å². The normalized spacial score (nSPS) is 11.2. The van der Waals surface area contributed by atoms with Gasteiger partial charge in [-0.05, 0) is 68.7 Å². The Bertz CT molecular complexity index is 1160. The summed E-state index contributed by atoms with van der Waals surface area (Å²) in [4.78, 5) is 32.6. The Labute approximate surface area is 204 Å². The van der Waals surface area contributed by atoms with Gasteiger partial charge in [-0.15, -0.1) is 0 Å². The van der Waals surface area contributed by atoms with Crippen LogP contribution in [-0.2, 0) is 11.3 Å². The fourth-order valence-electron chi connectivity index (χ4n) is 3.54. The molecule has 1 amide bonds. The van der Waals surface area contributed by atoms with Crippen molar-refractivity contribution in [1.29, 1.82) is 0 Å². The average molecular weight is 487 g/mol. The lowest BCUT2D eigenvalue weighted by molar-refractivity contribution is -0.113. The Hall–Kier alpha value is -2.51. The Kier molecular flexibility index (Phi) is 8.80. The van der Waals surface area contributed by atoms with Gasteiger partial charge >= 0.3 is 0 Å². The van der Waals surface area contributed by atoms with Crippen LogP contribution < -0.4 is 15.8 Å². The summed E-state index contributed by atoms with van der Waals surface area (Å²) < 4.78 is 1.67. The molecule has 0 unspecified atom stereocenters. The summed E-state index contributed by atoms with van der Waals surface area (Å²) in [5.74, 6) is 0.447. The molecule has 0 radical (unpaired) electrons. The van der Waals surface area contributed by atoms with Gasteiger partial charge in [-0.1, -0.05) is 37.2 Å². The SMILES string of the molecule is CCN(CC)c1ccc(NC(=O)CSc2nc3cc(Cl)ccc3c(=O)n2CCC(C)C)cc1. The average Bonchev–Trinajstić information content (AvgIpc) is 2.78. The van der Waals surface area contributed by atoms with Crippen molar-refractivity contribution >= 4 is 51.5 Å². The van der Waals surface area contributed by atoms with Gasteiger partial charge in [0.05, 0.1) is 16.7 Å². The predicted octanol–water partition coefficient (Wildman–Crippen LogP) is 5.67. The quantitative estimate of drug-likeness (QED) is 0.295. The number of thioether (sulfide) groups is 1. The van der Waals surface area contributed by atoms with E-state index in [0.717, 1.165) is 30.9 Å². The Morgan fingerprint density at radius 3 is 2.48 bits per heavy atom. The van der Waals surface area contributed by atoms with Crippen LogP contribution in [0.5, 0.6) is 0 Å². The van der Waals surface area contributed by atoms with Crippen LogP contribution in [0.15, 0.2) is 52.4 Å². The molecule has 0 aliphatic rings. The maximum Gasteiger partial charge on any atom is 0.262 e. The van der Waals surface area contributed by atoms with Gasteiger partial charge in [0.25, 0.3) is 5.56 Å². The first kappa shape index (κ1) is 25.1. The van der Waals surface area contributed by atoms with Crippen molar-refractivity contribution in [3.8, 4) is 0 Å². The van der Waals surface area contributed by atoms with Gasteiger partial charge in [-0.25, -0.2) is 4.98 Å². The van der Waals surface area contributed by atoms with E-state index in [1.54, 1.807) is 22.8 Å². The smallest absolute Gasteiger partial charge is 0.262 e. The molecule has 2 aromatic carbocycles. The maximum atomic E-state index is 13.1. The van der Waals surface area contributed by atoms with E-state index in [2.05, 4.69) is 42.9 Å². The molecule has 0 aliphatic carbocycles. The van der Waals surface area contributed by atoms with Crippen LogP contribution in [0.2, 0.25) is 5.02 Å². The minimum absolute atomic E-state index is 0.104. The summed E-state index contributed by atoms with van der Waals surface area (Å²) in [5.41, 5.74) is 2.31. The minimum atomic E-state index is -0.147. The van der Waals surface area contributed by atoms with Crippen LogP contribution in [0, 0.1) is 5.92 Å². The van der Waals surface area contributed by atoms with Crippen LogP contribution in [0.3, 0.4) is 0 Å². The molecule has 3 aromatic rings. The predicted molar refractivity (Wildman–Crippen MR) is 140 cm³/mol. The number of nitrogens with one attached hydrogen (secondary N) is 1. The van der Waals surface area contributed by atoms with Crippen LogP contribution in [-0.4, -0.2) is 34.3 Å². The number of anilines is 2. The second-order valence-electron chi connectivity index (χ2n) is 8.25. The second kappa shape index (κ2) is 11.6. The molecule has 3 rings (SSSR count). The van der Waals surface area contributed by atoms with E-state index in [0.29, 0.717) is 33.5 Å². The van der Waals surface area contributed by atoms with Gasteiger partial charge in [0.1, 0.15) is 0 Å². The summed E-state index contributed by atoms with van der Waals surface area (Å²) in [6.07, 6.45) is 0.847. The van der Waals surface area contributed by atoms with Crippen molar-refractivity contribution in [2.24, 2.45) is 5.92 Å². The number of hydrogen-bond donors (Lipinski definition) is 1. The molecule has 0 atom stereocenters. The molecular weight excluding hydrogens is 456 g/mol. The first-order chi connectivity index (χ1) is 15.8. The lowest BCUT2D eigenvalue weighted by Crippen LogP contribution is -2.25. The highest BCUT2D eigenvalue weighted by atomic mass is 35.5. The molecular formula is C25H31ClN4O2S. The molecule has 0 spiro atoms. The lowest BCUT2D eigenvalue weighted by atomic mass is 10.1. The summed E-state index contributed by atoms with van der Waals surface area (Å²) >= 11 is 7.37. The lowest BCUT2D eigenvalue weighted by Gasteiger charge is -2.21. The molecule has 33 heavy (non-hydrogen) atoms. The highest BCUT2D eigenvalue weighted by Gasteiger charge is 2.14. The number of amides is 1. The number of benzene rings is 2. The van der Waals surface area contributed by atoms with Gasteiger partial charge in [0.15, 0.2) is 5.16 Å². The third-order valence-corrected chi connectivity index (χ3v) is 6.64. The number of halogens is 1. The summed E-state index contributed by atoms with van der Waals surface area (Å²) in [6, 6.07) is 12.9. The van der Waals surface area contributed by atoms with E-state index in [4.69, 9.17) is 11.6 Å². The van der Waals surface area contributed by atoms with Gasteiger partial charge in [0.2, 0.25) is 5.91 Å². The van der Waals surface area contributed by atoms with Crippen molar-refractivity contribution < 1.29 is 4.79 Å². The van der Waals surface area contributed by atoms with Gasteiger partial charge in [-0.3, -0.25) is 14.2 Å². The topological polar surface area (TPSA) is 67.2 Å². The van der Waals surface area contributed by atoms with E-state index in [1.165, 1.54) is 11.8 Å². The molecule has 0 aliphatic heterocycles. The zero-order chi connectivity index (χ0) is 24.0. The number of hydrogen-bond acceptors (Lipinski definition) is 5. The zero-order valence-electron chi connectivity index (χ0n) is 19.6. The highest BCUT2D eigenvalue weighted by molar-refractivity contribution is 7.99. The summed E-state index contributed by atoms with van der Waals surface area (Å²) in [7, 11) is 0. The fourth-order valence-corrected chi connectivity index (χ4v) is 4.53. The van der Waals surface area contributed by atoms with Crippen LogP contribution in [0.25, 0.3) is 10.9 Å².